The van der Waals surface area contributed by atoms with E-state index in [1.807, 2.05) is 6.20 Å². The van der Waals surface area contributed by atoms with Crippen LogP contribution in [0.25, 0.3) is 0 Å². The molecular weight excluding hydrogens is 266 g/mol. The topological polar surface area (TPSA) is 29.9 Å². The van der Waals surface area contributed by atoms with Crippen molar-refractivity contribution in [2.75, 3.05) is 6.54 Å². The predicted molar refractivity (Wildman–Crippen MR) is 71.8 cm³/mol. The molecule has 4 heteroatoms. The van der Waals surface area contributed by atoms with Crippen LogP contribution in [-0.2, 0) is 6.42 Å². The van der Waals surface area contributed by atoms with Crippen LogP contribution in [0.2, 0.25) is 0 Å². The van der Waals surface area contributed by atoms with Crippen LogP contribution in [0.15, 0.2) is 10.7 Å². The molecule has 0 spiro atoms. The van der Waals surface area contributed by atoms with Crippen molar-refractivity contribution >= 4 is 15.9 Å². The van der Waals surface area contributed by atoms with Gasteiger partial charge in [-0.05, 0) is 56.1 Å². The standard InChI is InChI=1S/C12H22BrN3/c1-5-14-10(4)6-7-12-11(13)8-15-16(12)9(2)3/h8-10,14H,5-7H2,1-4H3. The molecule has 0 fully saturated rings. The molecule has 16 heavy (non-hydrogen) atoms. The van der Waals surface area contributed by atoms with E-state index in [-0.39, 0.29) is 0 Å². The molecule has 0 aliphatic rings. The monoisotopic (exact) mass is 287 g/mol. The van der Waals surface area contributed by atoms with Crippen LogP contribution in [0.1, 0.15) is 45.9 Å². The van der Waals surface area contributed by atoms with Crippen LogP contribution in [0.4, 0.5) is 0 Å². The molecule has 0 saturated heterocycles. The summed E-state index contributed by atoms with van der Waals surface area (Å²) in [5, 5.41) is 7.82. The Kier molecular flexibility index (Phi) is 5.49. The Hall–Kier alpha value is -0.350. The molecule has 0 bridgehead atoms. The number of halogens is 1. The van der Waals surface area contributed by atoms with Gasteiger partial charge in [0.15, 0.2) is 0 Å². The lowest BCUT2D eigenvalue weighted by molar-refractivity contribution is 0.480. The zero-order chi connectivity index (χ0) is 12.1. The lowest BCUT2D eigenvalue weighted by atomic mass is 10.1. The van der Waals surface area contributed by atoms with Crippen molar-refractivity contribution in [2.45, 2.75) is 52.6 Å². The van der Waals surface area contributed by atoms with Gasteiger partial charge in [-0.15, -0.1) is 0 Å². The van der Waals surface area contributed by atoms with Gasteiger partial charge in [-0.2, -0.15) is 5.10 Å². The van der Waals surface area contributed by atoms with Crippen molar-refractivity contribution in [3.8, 4) is 0 Å². The second-order valence-corrected chi connectivity index (χ2v) is 5.33. The third-order valence-corrected chi connectivity index (χ3v) is 3.37. The van der Waals surface area contributed by atoms with Crippen molar-refractivity contribution in [3.63, 3.8) is 0 Å². The number of aromatic nitrogens is 2. The molecule has 0 radical (unpaired) electrons. The molecule has 0 aliphatic heterocycles. The van der Waals surface area contributed by atoms with Gasteiger partial charge in [0.25, 0.3) is 0 Å². The lowest BCUT2D eigenvalue weighted by Crippen LogP contribution is -2.26. The molecule has 0 aliphatic carbocycles. The summed E-state index contributed by atoms with van der Waals surface area (Å²) in [6.07, 6.45) is 4.10. The van der Waals surface area contributed by atoms with Crippen molar-refractivity contribution in [1.82, 2.24) is 15.1 Å². The molecule has 1 heterocycles. The number of nitrogens with one attached hydrogen (secondary N) is 1. The number of rotatable bonds is 6. The molecule has 0 amide bonds. The van der Waals surface area contributed by atoms with Gasteiger partial charge in [0.2, 0.25) is 0 Å². The normalized spacial score (nSPS) is 13.4. The Balaban J connectivity index is 2.62. The quantitative estimate of drug-likeness (QED) is 0.871. The summed E-state index contributed by atoms with van der Waals surface area (Å²) in [5.41, 5.74) is 1.31. The van der Waals surface area contributed by atoms with E-state index < -0.39 is 0 Å². The van der Waals surface area contributed by atoms with Gasteiger partial charge in [-0.1, -0.05) is 6.92 Å². The van der Waals surface area contributed by atoms with Gasteiger partial charge in [0.05, 0.1) is 16.4 Å². The molecule has 92 valence electrons. The largest absolute Gasteiger partial charge is 0.315 e. The fraction of sp³-hybridized carbons (Fsp3) is 0.750. The summed E-state index contributed by atoms with van der Waals surface area (Å²) in [5.74, 6) is 0. The van der Waals surface area contributed by atoms with E-state index in [9.17, 15) is 0 Å². The zero-order valence-corrected chi connectivity index (χ0v) is 12.2. The van der Waals surface area contributed by atoms with Crippen LogP contribution in [0.5, 0.6) is 0 Å². The van der Waals surface area contributed by atoms with Gasteiger partial charge in [-0.25, -0.2) is 0 Å². The first-order chi connectivity index (χ1) is 7.56. The molecule has 1 rings (SSSR count). The molecular formula is C12H22BrN3. The van der Waals surface area contributed by atoms with E-state index in [0.717, 1.165) is 23.9 Å². The van der Waals surface area contributed by atoms with E-state index in [1.165, 1.54) is 5.69 Å². The molecule has 1 N–H and O–H groups in total. The summed E-state index contributed by atoms with van der Waals surface area (Å²) in [7, 11) is 0. The smallest absolute Gasteiger partial charge is 0.0635 e. The molecule has 1 aromatic heterocycles. The first-order valence-electron chi connectivity index (χ1n) is 6.01. The fourth-order valence-corrected chi connectivity index (χ4v) is 2.32. The second-order valence-electron chi connectivity index (χ2n) is 4.47. The van der Waals surface area contributed by atoms with E-state index in [4.69, 9.17) is 0 Å². The maximum atomic E-state index is 4.39. The highest BCUT2D eigenvalue weighted by atomic mass is 79.9. The molecule has 1 unspecified atom stereocenters. The average molecular weight is 288 g/mol. The van der Waals surface area contributed by atoms with Gasteiger partial charge >= 0.3 is 0 Å². The minimum atomic E-state index is 0.427. The third kappa shape index (κ3) is 3.59. The summed E-state index contributed by atoms with van der Waals surface area (Å²) >= 11 is 3.57. The zero-order valence-electron chi connectivity index (χ0n) is 10.6. The minimum absolute atomic E-state index is 0.427. The fourth-order valence-electron chi connectivity index (χ4n) is 1.85. The Morgan fingerprint density at radius 3 is 2.69 bits per heavy atom. The van der Waals surface area contributed by atoms with E-state index in [1.54, 1.807) is 0 Å². The van der Waals surface area contributed by atoms with E-state index in [0.29, 0.717) is 12.1 Å². The van der Waals surface area contributed by atoms with E-state index >= 15 is 0 Å². The Morgan fingerprint density at radius 1 is 1.44 bits per heavy atom. The Morgan fingerprint density at radius 2 is 2.12 bits per heavy atom. The van der Waals surface area contributed by atoms with Crippen molar-refractivity contribution in [3.05, 3.63) is 16.4 Å². The highest BCUT2D eigenvalue weighted by molar-refractivity contribution is 9.10. The molecule has 0 saturated carbocycles. The van der Waals surface area contributed by atoms with Crippen LogP contribution >= 0.6 is 15.9 Å². The highest BCUT2D eigenvalue weighted by Crippen LogP contribution is 2.21. The lowest BCUT2D eigenvalue weighted by Gasteiger charge is -2.15. The number of nitrogens with zero attached hydrogens (tertiary/aromatic N) is 2. The third-order valence-electron chi connectivity index (χ3n) is 2.70. The molecule has 1 atom stereocenters. The van der Waals surface area contributed by atoms with Gasteiger partial charge in [0.1, 0.15) is 0 Å². The summed E-state index contributed by atoms with van der Waals surface area (Å²) in [4.78, 5) is 0. The first kappa shape index (κ1) is 13.7. The molecule has 0 aromatic carbocycles. The number of hydrogen-bond donors (Lipinski definition) is 1. The maximum Gasteiger partial charge on any atom is 0.0635 e. The van der Waals surface area contributed by atoms with E-state index in [2.05, 4.69) is 58.7 Å². The predicted octanol–water partition coefficient (Wildman–Crippen LogP) is 3.16. The van der Waals surface area contributed by atoms with Crippen LogP contribution in [0, 0.1) is 0 Å². The number of hydrogen-bond acceptors (Lipinski definition) is 2. The van der Waals surface area contributed by atoms with Crippen LogP contribution in [0.3, 0.4) is 0 Å². The average Bonchev–Trinajstić information content (AvgIpc) is 2.57. The summed E-state index contributed by atoms with van der Waals surface area (Å²) in [6.45, 7) is 9.73. The summed E-state index contributed by atoms with van der Waals surface area (Å²) in [6, 6.07) is 0.989. The molecule has 3 nitrogen and oxygen atoms in total. The van der Waals surface area contributed by atoms with Crippen LogP contribution in [-0.4, -0.2) is 22.4 Å². The second kappa shape index (κ2) is 6.40. The SMILES string of the molecule is CCNC(C)CCc1c(Br)cnn1C(C)C. The van der Waals surface area contributed by atoms with Crippen molar-refractivity contribution < 1.29 is 0 Å². The summed E-state index contributed by atoms with van der Waals surface area (Å²) < 4.78 is 3.23. The van der Waals surface area contributed by atoms with Crippen molar-refractivity contribution in [2.24, 2.45) is 0 Å². The highest BCUT2D eigenvalue weighted by Gasteiger charge is 2.12. The first-order valence-corrected chi connectivity index (χ1v) is 6.80. The Labute approximate surface area is 107 Å². The van der Waals surface area contributed by atoms with Crippen LogP contribution < -0.4 is 5.32 Å². The Bertz CT molecular complexity index is 320. The maximum absolute atomic E-state index is 4.39. The van der Waals surface area contributed by atoms with Crippen molar-refractivity contribution in [1.29, 1.82) is 0 Å². The van der Waals surface area contributed by atoms with Gasteiger partial charge in [0, 0.05) is 12.1 Å². The molecule has 1 aromatic rings. The minimum Gasteiger partial charge on any atom is -0.315 e. The van der Waals surface area contributed by atoms with Gasteiger partial charge in [-0.3, -0.25) is 4.68 Å². The van der Waals surface area contributed by atoms with Gasteiger partial charge < -0.3 is 5.32 Å².